The molecule has 22 heavy (non-hydrogen) atoms. The van der Waals surface area contributed by atoms with E-state index in [4.69, 9.17) is 10.5 Å². The summed E-state index contributed by atoms with van der Waals surface area (Å²) in [6.07, 6.45) is 2.97. The van der Waals surface area contributed by atoms with Gasteiger partial charge in [-0.3, -0.25) is 4.79 Å². The maximum Gasteiger partial charge on any atom is 0.409 e. The van der Waals surface area contributed by atoms with Crippen LogP contribution in [0.2, 0.25) is 0 Å². The van der Waals surface area contributed by atoms with Crippen LogP contribution in [0.4, 0.5) is 10.5 Å². The van der Waals surface area contributed by atoms with E-state index in [1.807, 2.05) is 18.2 Å². The van der Waals surface area contributed by atoms with Crippen molar-refractivity contribution in [3.63, 3.8) is 0 Å². The molecule has 2 rings (SSSR count). The molecule has 1 aliphatic rings. The van der Waals surface area contributed by atoms with Crippen LogP contribution in [0, 0.1) is 0 Å². The molecule has 2 N–H and O–H groups in total. The number of benzene rings is 1. The summed E-state index contributed by atoms with van der Waals surface area (Å²) in [5.41, 5.74) is 7.25. The molecule has 0 aliphatic carbocycles. The number of ether oxygens (including phenoxy) is 1. The molecule has 1 saturated heterocycles. The zero-order valence-electron chi connectivity index (χ0n) is 12.7. The maximum atomic E-state index is 12.1. The van der Waals surface area contributed by atoms with Gasteiger partial charge < -0.3 is 20.3 Å². The van der Waals surface area contributed by atoms with Gasteiger partial charge in [0.2, 0.25) is 5.91 Å². The zero-order valence-corrected chi connectivity index (χ0v) is 12.7. The molecule has 0 unspecified atom stereocenters. The minimum Gasteiger partial charge on any atom is -0.450 e. The Morgan fingerprint density at radius 1 is 1.23 bits per heavy atom. The highest BCUT2D eigenvalue weighted by Gasteiger charge is 2.23. The van der Waals surface area contributed by atoms with E-state index in [1.165, 1.54) is 6.08 Å². The Bertz CT molecular complexity index is 564. The third kappa shape index (κ3) is 4.25. The van der Waals surface area contributed by atoms with Crippen molar-refractivity contribution in [2.24, 2.45) is 0 Å². The maximum absolute atomic E-state index is 12.1. The summed E-state index contributed by atoms with van der Waals surface area (Å²) < 4.78 is 4.95. The van der Waals surface area contributed by atoms with Crippen molar-refractivity contribution in [2.75, 3.05) is 38.5 Å². The van der Waals surface area contributed by atoms with Gasteiger partial charge in [0.05, 0.1) is 6.61 Å². The summed E-state index contributed by atoms with van der Waals surface area (Å²) in [6, 6.07) is 7.34. The fraction of sp³-hybridized carbons (Fsp3) is 0.375. The second kappa shape index (κ2) is 7.49. The Kier molecular flexibility index (Phi) is 5.41. The van der Waals surface area contributed by atoms with Crippen LogP contribution in [0.1, 0.15) is 12.5 Å². The van der Waals surface area contributed by atoms with Crippen molar-refractivity contribution < 1.29 is 14.3 Å². The molecule has 0 bridgehead atoms. The fourth-order valence-electron chi connectivity index (χ4n) is 2.26. The Morgan fingerprint density at radius 2 is 1.91 bits per heavy atom. The van der Waals surface area contributed by atoms with Crippen molar-refractivity contribution in [1.29, 1.82) is 0 Å². The van der Waals surface area contributed by atoms with E-state index >= 15 is 0 Å². The van der Waals surface area contributed by atoms with Crippen LogP contribution >= 0.6 is 0 Å². The van der Waals surface area contributed by atoms with Gasteiger partial charge in [-0.2, -0.15) is 0 Å². The number of hydrogen-bond acceptors (Lipinski definition) is 4. The van der Waals surface area contributed by atoms with Crippen LogP contribution in [-0.2, 0) is 9.53 Å². The average molecular weight is 303 g/mol. The second-order valence-corrected chi connectivity index (χ2v) is 5.01. The van der Waals surface area contributed by atoms with E-state index in [0.717, 1.165) is 5.56 Å². The summed E-state index contributed by atoms with van der Waals surface area (Å²) in [4.78, 5) is 27.1. The predicted octanol–water partition coefficient (Wildman–Crippen LogP) is 1.58. The Morgan fingerprint density at radius 3 is 2.55 bits per heavy atom. The SMILES string of the molecule is CCOC(=O)N1CCN(C(=O)/C=C/c2cccc(N)c2)CC1. The monoisotopic (exact) mass is 303 g/mol. The van der Waals surface area contributed by atoms with Gasteiger partial charge in [0.15, 0.2) is 0 Å². The third-order valence-corrected chi connectivity index (χ3v) is 3.45. The van der Waals surface area contributed by atoms with Crippen LogP contribution < -0.4 is 5.73 Å². The number of amides is 2. The Balaban J connectivity index is 1.86. The number of carbonyl (C=O) groups is 2. The number of nitrogens with zero attached hydrogens (tertiary/aromatic N) is 2. The molecule has 1 fully saturated rings. The first kappa shape index (κ1) is 15.9. The van der Waals surface area contributed by atoms with Gasteiger partial charge in [0.25, 0.3) is 0 Å². The lowest BCUT2D eigenvalue weighted by atomic mass is 10.2. The number of carbonyl (C=O) groups excluding carboxylic acids is 2. The summed E-state index contributed by atoms with van der Waals surface area (Å²) in [5.74, 6) is -0.0640. The first-order valence-corrected chi connectivity index (χ1v) is 7.34. The zero-order chi connectivity index (χ0) is 15.9. The smallest absolute Gasteiger partial charge is 0.409 e. The molecule has 1 heterocycles. The number of anilines is 1. The van der Waals surface area contributed by atoms with Gasteiger partial charge in [0, 0.05) is 37.9 Å². The summed E-state index contributed by atoms with van der Waals surface area (Å²) >= 11 is 0. The van der Waals surface area contributed by atoms with Crippen molar-refractivity contribution in [3.8, 4) is 0 Å². The number of hydrogen-bond donors (Lipinski definition) is 1. The summed E-state index contributed by atoms with van der Waals surface area (Å²) in [7, 11) is 0. The average Bonchev–Trinajstić information content (AvgIpc) is 2.53. The molecule has 1 aromatic rings. The first-order chi connectivity index (χ1) is 10.6. The van der Waals surface area contributed by atoms with Crippen molar-refractivity contribution >= 4 is 23.8 Å². The molecule has 0 spiro atoms. The van der Waals surface area contributed by atoms with Gasteiger partial charge in [-0.25, -0.2) is 4.79 Å². The summed E-state index contributed by atoms with van der Waals surface area (Å²) in [5, 5.41) is 0. The minimum atomic E-state index is -0.315. The predicted molar refractivity (Wildman–Crippen MR) is 85.1 cm³/mol. The highest BCUT2D eigenvalue weighted by atomic mass is 16.6. The third-order valence-electron chi connectivity index (χ3n) is 3.45. The number of nitrogens with two attached hydrogens (primary N) is 1. The highest BCUT2D eigenvalue weighted by molar-refractivity contribution is 5.92. The molecule has 2 amide bonds. The lowest BCUT2D eigenvalue weighted by molar-refractivity contribution is -0.127. The molecule has 6 nitrogen and oxygen atoms in total. The minimum absolute atomic E-state index is 0.0640. The fourth-order valence-corrected chi connectivity index (χ4v) is 2.26. The van der Waals surface area contributed by atoms with E-state index in [2.05, 4.69) is 0 Å². The first-order valence-electron chi connectivity index (χ1n) is 7.34. The van der Waals surface area contributed by atoms with Crippen LogP contribution in [0.15, 0.2) is 30.3 Å². The molecule has 0 saturated carbocycles. The Labute approximate surface area is 130 Å². The lowest BCUT2D eigenvalue weighted by Gasteiger charge is -2.33. The Hall–Kier alpha value is -2.50. The molecule has 1 aliphatic heterocycles. The van der Waals surface area contributed by atoms with Gasteiger partial charge in [-0.05, 0) is 30.7 Å². The molecule has 118 valence electrons. The topological polar surface area (TPSA) is 75.9 Å². The van der Waals surface area contributed by atoms with Crippen LogP contribution in [0.3, 0.4) is 0 Å². The molecule has 0 aromatic heterocycles. The lowest BCUT2D eigenvalue weighted by Crippen LogP contribution is -2.50. The number of piperazine rings is 1. The van der Waals surface area contributed by atoms with E-state index in [0.29, 0.717) is 38.5 Å². The van der Waals surface area contributed by atoms with Gasteiger partial charge in [-0.1, -0.05) is 12.1 Å². The quantitative estimate of drug-likeness (QED) is 0.679. The van der Waals surface area contributed by atoms with Crippen LogP contribution in [-0.4, -0.2) is 54.6 Å². The van der Waals surface area contributed by atoms with E-state index in [-0.39, 0.29) is 12.0 Å². The van der Waals surface area contributed by atoms with Crippen molar-refractivity contribution in [3.05, 3.63) is 35.9 Å². The number of rotatable bonds is 3. The largest absolute Gasteiger partial charge is 0.450 e. The molecular weight excluding hydrogens is 282 g/mol. The van der Waals surface area contributed by atoms with E-state index in [1.54, 1.807) is 28.9 Å². The van der Waals surface area contributed by atoms with Gasteiger partial charge >= 0.3 is 6.09 Å². The normalized spacial score (nSPS) is 15.1. The molecule has 0 radical (unpaired) electrons. The van der Waals surface area contributed by atoms with E-state index in [9.17, 15) is 9.59 Å². The van der Waals surface area contributed by atoms with Gasteiger partial charge in [0.1, 0.15) is 0 Å². The van der Waals surface area contributed by atoms with Crippen molar-refractivity contribution in [1.82, 2.24) is 9.80 Å². The standard InChI is InChI=1S/C16H21N3O3/c1-2-22-16(21)19-10-8-18(9-11-19)15(20)7-6-13-4-3-5-14(17)12-13/h3-7,12H,2,8-11,17H2,1H3/b7-6+. The summed E-state index contributed by atoms with van der Waals surface area (Å²) in [6.45, 7) is 4.16. The van der Waals surface area contributed by atoms with Gasteiger partial charge in [-0.15, -0.1) is 0 Å². The molecular formula is C16H21N3O3. The molecule has 0 atom stereocenters. The number of nitrogen functional groups attached to an aromatic ring is 1. The molecule has 1 aromatic carbocycles. The molecule has 6 heteroatoms. The van der Waals surface area contributed by atoms with E-state index < -0.39 is 0 Å². The highest BCUT2D eigenvalue weighted by Crippen LogP contribution is 2.09. The van der Waals surface area contributed by atoms with Crippen molar-refractivity contribution in [2.45, 2.75) is 6.92 Å². The second-order valence-electron chi connectivity index (χ2n) is 5.01. The van der Waals surface area contributed by atoms with Crippen LogP contribution in [0.25, 0.3) is 6.08 Å². The van der Waals surface area contributed by atoms with Crippen LogP contribution in [0.5, 0.6) is 0 Å².